The van der Waals surface area contributed by atoms with Crippen LogP contribution in [0.2, 0.25) is 0 Å². The second kappa shape index (κ2) is 10.2. The Hall–Kier alpha value is -0.121. The number of aliphatic hydroxyl groups excluding tert-OH is 7. The average Bonchev–Trinajstić information content (AvgIpc) is 3.47. The van der Waals surface area contributed by atoms with Gasteiger partial charge in [0.15, 0.2) is 6.29 Å². The van der Waals surface area contributed by atoms with Crippen LogP contribution in [0, 0.1) is 0 Å². The number of hydrogen-bond donors (Lipinski definition) is 11. The van der Waals surface area contributed by atoms with Crippen LogP contribution in [0.25, 0.3) is 0 Å². The molecule has 16 nitrogen and oxygen atoms in total. The van der Waals surface area contributed by atoms with E-state index in [1.54, 1.807) is 0 Å². The molecular weight excluding hydrogens is 545 g/mol. The number of hydrogen-bond acceptors (Lipinski definition) is 16. The molecule has 4 heterocycles. The van der Waals surface area contributed by atoms with Gasteiger partial charge in [-0.1, -0.05) is 0 Å². The molecule has 0 amide bonds. The summed E-state index contributed by atoms with van der Waals surface area (Å²) in [4.78, 5) is 0. The van der Waals surface area contributed by atoms with Gasteiger partial charge in [-0.2, -0.15) is 0 Å². The molecule has 4 saturated heterocycles. The average molecular weight is 578 g/mol. The zero-order chi connectivity index (χ0) is 25.9. The van der Waals surface area contributed by atoms with Gasteiger partial charge >= 0.3 is 183 Å². The van der Waals surface area contributed by atoms with Crippen molar-refractivity contribution in [1.82, 2.24) is 0 Å². The molecular formula is C18H33N3O13Se. The van der Waals surface area contributed by atoms with Crippen molar-refractivity contribution in [2.75, 3.05) is 19.8 Å². The summed E-state index contributed by atoms with van der Waals surface area (Å²) in [6, 6.07) is -3.85. The Morgan fingerprint density at radius 2 is 1.31 bits per heavy atom. The second-order valence-corrected chi connectivity index (χ2v) is 12.1. The molecule has 17 heteroatoms. The van der Waals surface area contributed by atoms with E-state index in [-0.39, 0.29) is 0 Å². The van der Waals surface area contributed by atoms with Crippen molar-refractivity contribution in [2.45, 2.75) is 88.7 Å². The molecule has 4 rings (SSSR count). The summed E-state index contributed by atoms with van der Waals surface area (Å²) in [5.41, 5.74) is 17.8. The summed E-state index contributed by atoms with van der Waals surface area (Å²) in [6.07, 6.45) is -14.0. The summed E-state index contributed by atoms with van der Waals surface area (Å²) in [5, 5.41) is 81.0. The Kier molecular flexibility index (Phi) is 8.14. The zero-order valence-electron chi connectivity index (χ0n) is 18.4. The predicted octanol–water partition coefficient (Wildman–Crippen LogP) is -8.30. The third kappa shape index (κ3) is 4.56. The second-order valence-electron chi connectivity index (χ2n) is 9.03. The maximum atomic E-state index is 10.9. The minimum atomic E-state index is -1.68. The molecule has 0 aromatic heterocycles. The first-order valence-electron chi connectivity index (χ1n) is 11.0. The standard InChI is InChI=1S/C18H33N3O13Se/c19-6-9(25)11(4(1-22)30-14(6)28)32-15-7(20)10(26)12(5(2-23)31-15)33-16-8(21)13(27)18(29)17(3-24,34-16)35-18/h4-16,22-29H,1-3,19-21H2/t4-,5-,6-,7-,8-,9-,10-,11?,12?,13-,14-,15+,16+,17-,18+/m1/s1. The molecule has 0 saturated carbocycles. The van der Waals surface area contributed by atoms with Crippen LogP contribution >= 0.6 is 0 Å². The Morgan fingerprint density at radius 3 is 1.89 bits per heavy atom. The summed E-state index contributed by atoms with van der Waals surface area (Å²) >= 11 is -0.710. The third-order valence-corrected chi connectivity index (χ3v) is 10.1. The van der Waals surface area contributed by atoms with Crippen LogP contribution in [0.1, 0.15) is 0 Å². The first kappa shape index (κ1) is 27.9. The molecule has 0 radical (unpaired) electrons. The quantitative estimate of drug-likeness (QED) is 0.125. The summed E-state index contributed by atoms with van der Waals surface area (Å²) in [6.45, 7) is -1.93. The molecule has 35 heavy (non-hydrogen) atoms. The maximum absolute atomic E-state index is 10.9. The molecule has 2 unspecified atom stereocenters. The molecule has 15 atom stereocenters. The van der Waals surface area contributed by atoms with Gasteiger partial charge in [0.1, 0.15) is 0 Å². The number of aliphatic hydroxyl groups is 8. The third-order valence-electron chi connectivity index (χ3n) is 6.82. The van der Waals surface area contributed by atoms with Crippen molar-refractivity contribution in [3.05, 3.63) is 0 Å². The molecule has 4 fully saturated rings. The van der Waals surface area contributed by atoms with E-state index in [9.17, 15) is 40.9 Å². The van der Waals surface area contributed by atoms with Gasteiger partial charge in [-0.25, -0.2) is 0 Å². The van der Waals surface area contributed by atoms with Crippen molar-refractivity contribution >= 4 is 15.0 Å². The Labute approximate surface area is 205 Å². The number of rotatable bonds is 7. The number of fused-ring (bicyclic) bond motifs is 1. The van der Waals surface area contributed by atoms with Crippen molar-refractivity contribution in [3.8, 4) is 0 Å². The topological polar surface area (TPSA) is 286 Å². The fourth-order valence-corrected chi connectivity index (χ4v) is 7.01. The molecule has 0 aliphatic carbocycles. The normalized spacial score (nSPS) is 56.5. The van der Waals surface area contributed by atoms with E-state index in [1.807, 2.05) is 0 Å². The van der Waals surface area contributed by atoms with Gasteiger partial charge in [-0.15, -0.1) is 0 Å². The molecule has 204 valence electrons. The van der Waals surface area contributed by atoms with Crippen molar-refractivity contribution in [2.24, 2.45) is 17.2 Å². The molecule has 0 aromatic carbocycles. The van der Waals surface area contributed by atoms with E-state index < -0.39 is 123 Å². The van der Waals surface area contributed by atoms with Crippen molar-refractivity contribution < 1.29 is 64.5 Å². The van der Waals surface area contributed by atoms with E-state index in [0.717, 1.165) is 0 Å². The van der Waals surface area contributed by atoms with E-state index in [4.69, 9.17) is 40.9 Å². The first-order chi connectivity index (χ1) is 16.4. The van der Waals surface area contributed by atoms with Crippen molar-refractivity contribution in [3.63, 3.8) is 0 Å². The molecule has 4 aliphatic rings. The van der Waals surface area contributed by atoms with Gasteiger partial charge in [-0.3, -0.25) is 0 Å². The van der Waals surface area contributed by atoms with Crippen LogP contribution < -0.4 is 17.2 Å². The van der Waals surface area contributed by atoms with Gasteiger partial charge in [0, 0.05) is 0 Å². The summed E-state index contributed by atoms with van der Waals surface area (Å²) in [5.74, 6) is 0. The van der Waals surface area contributed by atoms with Gasteiger partial charge in [0.2, 0.25) is 0 Å². The van der Waals surface area contributed by atoms with Gasteiger partial charge in [0.25, 0.3) is 0 Å². The zero-order valence-corrected chi connectivity index (χ0v) is 20.1. The summed E-state index contributed by atoms with van der Waals surface area (Å²) in [7, 11) is 0. The van der Waals surface area contributed by atoms with E-state index in [2.05, 4.69) is 0 Å². The van der Waals surface area contributed by atoms with E-state index >= 15 is 0 Å². The molecule has 0 spiro atoms. The van der Waals surface area contributed by atoms with Crippen LogP contribution in [0.5, 0.6) is 0 Å². The van der Waals surface area contributed by atoms with Crippen LogP contribution in [0.4, 0.5) is 0 Å². The van der Waals surface area contributed by atoms with Gasteiger partial charge in [-0.05, 0) is 0 Å². The number of ether oxygens (including phenoxy) is 5. The Morgan fingerprint density at radius 1 is 0.771 bits per heavy atom. The molecule has 0 bridgehead atoms. The molecule has 0 aromatic rings. The van der Waals surface area contributed by atoms with E-state index in [1.165, 1.54) is 0 Å². The van der Waals surface area contributed by atoms with E-state index in [0.29, 0.717) is 0 Å². The van der Waals surface area contributed by atoms with Crippen LogP contribution in [-0.4, -0.2) is 164 Å². The Balaban J connectivity index is 1.46. The van der Waals surface area contributed by atoms with Crippen LogP contribution in [0.3, 0.4) is 0 Å². The predicted molar refractivity (Wildman–Crippen MR) is 111 cm³/mol. The first-order valence-corrected chi connectivity index (χ1v) is 12.7. The van der Waals surface area contributed by atoms with Crippen LogP contribution in [-0.2, 0) is 23.7 Å². The fraction of sp³-hybridized carbons (Fsp3) is 1.00. The Bertz CT molecular complexity index is 756. The fourth-order valence-electron chi connectivity index (χ4n) is 4.56. The molecule has 4 aliphatic heterocycles. The van der Waals surface area contributed by atoms with Gasteiger partial charge in [0.05, 0.1) is 0 Å². The van der Waals surface area contributed by atoms with Gasteiger partial charge < -0.3 is 15.9 Å². The SMILES string of the molecule is N[C@H]1[C@@H](OC2[C@@H](CO)O[C@@H](OC3[C@@H](CO)O[C@@H](O)[C@H](N)[C@H]3O)[C@H](N)[C@H]2O)O[C@]2(CO)[Se][C@@]2(O)[C@@H]1O. The minimum absolute atomic E-state index is 0.593. The monoisotopic (exact) mass is 579 g/mol. The summed E-state index contributed by atoms with van der Waals surface area (Å²) < 4.78 is 24.8. The van der Waals surface area contributed by atoms with Crippen molar-refractivity contribution in [1.29, 1.82) is 0 Å². The van der Waals surface area contributed by atoms with Crippen LogP contribution in [0.15, 0.2) is 0 Å². The molecule has 14 N–H and O–H groups in total. The number of nitrogens with two attached hydrogens (primary N) is 3.